The van der Waals surface area contributed by atoms with E-state index in [-0.39, 0.29) is 11.6 Å². The average molecular weight is 291 g/mol. The molecular formula is C15H21N3OS. The second-order valence-corrected chi connectivity index (χ2v) is 6.18. The van der Waals surface area contributed by atoms with Crippen LogP contribution in [0, 0.1) is 6.92 Å². The number of carbonyl (C=O) groups excluding carboxylic acids is 1. The van der Waals surface area contributed by atoms with E-state index in [4.69, 9.17) is 12.2 Å². The van der Waals surface area contributed by atoms with E-state index in [9.17, 15) is 4.79 Å². The van der Waals surface area contributed by atoms with Gasteiger partial charge in [0.25, 0.3) is 0 Å². The molecule has 1 aliphatic heterocycles. The number of nitrogens with zero attached hydrogens (tertiary/aromatic N) is 1. The summed E-state index contributed by atoms with van der Waals surface area (Å²) < 4.78 is 0. The Kier molecular flexibility index (Phi) is 3.99. The molecule has 1 aromatic rings. The van der Waals surface area contributed by atoms with E-state index >= 15 is 0 Å². The second kappa shape index (κ2) is 5.40. The van der Waals surface area contributed by atoms with Crippen LogP contribution in [0.1, 0.15) is 31.9 Å². The monoisotopic (exact) mass is 291 g/mol. The van der Waals surface area contributed by atoms with Crippen LogP contribution in [-0.4, -0.2) is 28.1 Å². The summed E-state index contributed by atoms with van der Waals surface area (Å²) in [5.74, 6) is 0. The van der Waals surface area contributed by atoms with Gasteiger partial charge in [-0.1, -0.05) is 25.1 Å². The molecule has 0 spiro atoms. The number of hydrogen-bond acceptors (Lipinski definition) is 2. The highest BCUT2D eigenvalue weighted by Gasteiger charge is 2.35. The van der Waals surface area contributed by atoms with E-state index in [0.717, 1.165) is 23.2 Å². The molecule has 1 saturated heterocycles. The molecule has 2 amide bonds. The number of benzene rings is 1. The molecule has 2 rings (SSSR count). The maximum Gasteiger partial charge on any atom is 0.328 e. The zero-order valence-corrected chi connectivity index (χ0v) is 13.2. The van der Waals surface area contributed by atoms with Gasteiger partial charge in [-0.25, -0.2) is 4.79 Å². The smallest absolute Gasteiger partial charge is 0.328 e. The lowest BCUT2D eigenvalue weighted by Gasteiger charge is -2.20. The highest BCUT2D eigenvalue weighted by molar-refractivity contribution is 7.80. The van der Waals surface area contributed by atoms with Gasteiger partial charge in [-0.15, -0.1) is 0 Å². The molecule has 0 saturated carbocycles. The lowest BCUT2D eigenvalue weighted by Crippen LogP contribution is -2.37. The lowest BCUT2D eigenvalue weighted by molar-refractivity contribution is 0.233. The number of nitrogens with one attached hydrogen (secondary N) is 2. The van der Waals surface area contributed by atoms with Crippen molar-refractivity contribution < 1.29 is 4.79 Å². The highest BCUT2D eigenvalue weighted by Crippen LogP contribution is 2.23. The number of anilines is 1. The van der Waals surface area contributed by atoms with Gasteiger partial charge in [0, 0.05) is 5.69 Å². The molecule has 108 valence electrons. The molecule has 0 atom stereocenters. The summed E-state index contributed by atoms with van der Waals surface area (Å²) in [6, 6.07) is 5.87. The summed E-state index contributed by atoms with van der Waals surface area (Å²) in [4.78, 5) is 14.0. The molecule has 1 fully saturated rings. The van der Waals surface area contributed by atoms with Crippen molar-refractivity contribution in [2.75, 3.05) is 11.9 Å². The molecule has 4 nitrogen and oxygen atoms in total. The van der Waals surface area contributed by atoms with Crippen molar-refractivity contribution in [2.24, 2.45) is 0 Å². The quantitative estimate of drug-likeness (QED) is 0.823. The molecule has 5 heteroatoms. The van der Waals surface area contributed by atoms with E-state index in [1.807, 2.05) is 39.0 Å². The zero-order valence-electron chi connectivity index (χ0n) is 12.4. The van der Waals surface area contributed by atoms with E-state index in [0.29, 0.717) is 11.7 Å². The predicted octanol–water partition coefficient (Wildman–Crippen LogP) is 3.06. The Labute approximate surface area is 125 Å². The van der Waals surface area contributed by atoms with Gasteiger partial charge in [0.15, 0.2) is 5.11 Å². The minimum Gasteiger partial charge on any atom is -0.355 e. The number of urea groups is 1. The Morgan fingerprint density at radius 2 is 2.20 bits per heavy atom. The zero-order chi connectivity index (χ0) is 14.9. The third-order valence-corrected chi connectivity index (χ3v) is 3.78. The van der Waals surface area contributed by atoms with Gasteiger partial charge >= 0.3 is 6.03 Å². The van der Waals surface area contributed by atoms with Crippen LogP contribution in [0.5, 0.6) is 0 Å². The molecule has 0 unspecified atom stereocenters. The molecular weight excluding hydrogens is 270 g/mol. The van der Waals surface area contributed by atoms with Crippen molar-refractivity contribution in [3.05, 3.63) is 29.3 Å². The van der Waals surface area contributed by atoms with Crippen LogP contribution in [0.15, 0.2) is 18.2 Å². The number of carbonyl (C=O) groups is 1. The lowest BCUT2D eigenvalue weighted by atomic mass is 10.1. The summed E-state index contributed by atoms with van der Waals surface area (Å²) in [6.07, 6.45) is 0.880. The van der Waals surface area contributed by atoms with E-state index in [1.54, 1.807) is 4.90 Å². The van der Waals surface area contributed by atoms with Crippen LogP contribution in [-0.2, 0) is 6.42 Å². The fourth-order valence-corrected chi connectivity index (χ4v) is 2.83. The number of amides is 2. The molecule has 20 heavy (non-hydrogen) atoms. The normalized spacial score (nSPS) is 17.0. The largest absolute Gasteiger partial charge is 0.355 e. The van der Waals surface area contributed by atoms with Crippen molar-refractivity contribution in [2.45, 2.75) is 39.7 Å². The third-order valence-electron chi connectivity index (χ3n) is 3.46. The van der Waals surface area contributed by atoms with Crippen molar-refractivity contribution in [3.8, 4) is 0 Å². The molecule has 1 aromatic carbocycles. The first kappa shape index (κ1) is 14.8. The van der Waals surface area contributed by atoms with Crippen LogP contribution < -0.4 is 10.6 Å². The highest BCUT2D eigenvalue weighted by atomic mass is 32.1. The van der Waals surface area contributed by atoms with Crippen molar-refractivity contribution in [1.82, 2.24) is 10.2 Å². The van der Waals surface area contributed by atoms with Crippen molar-refractivity contribution >= 4 is 29.0 Å². The fourth-order valence-electron chi connectivity index (χ4n) is 2.40. The Hall–Kier alpha value is -1.62. The van der Waals surface area contributed by atoms with Crippen LogP contribution in [0.3, 0.4) is 0 Å². The minimum absolute atomic E-state index is 0.169. The van der Waals surface area contributed by atoms with Gasteiger partial charge in [0.05, 0.1) is 12.1 Å². The molecule has 1 heterocycles. The van der Waals surface area contributed by atoms with Gasteiger partial charge in [-0.05, 0) is 50.5 Å². The van der Waals surface area contributed by atoms with Gasteiger partial charge in [0.2, 0.25) is 0 Å². The number of rotatable bonds is 2. The number of hydrogen-bond donors (Lipinski definition) is 2. The van der Waals surface area contributed by atoms with Crippen LogP contribution in [0.4, 0.5) is 10.5 Å². The van der Waals surface area contributed by atoms with Crippen LogP contribution in [0.25, 0.3) is 0 Å². The summed E-state index contributed by atoms with van der Waals surface area (Å²) in [5, 5.41) is 6.63. The molecule has 0 bridgehead atoms. The fraction of sp³-hybridized carbons (Fsp3) is 0.467. The van der Waals surface area contributed by atoms with Crippen molar-refractivity contribution in [1.29, 1.82) is 0 Å². The average Bonchev–Trinajstić information content (AvgIpc) is 2.65. The minimum atomic E-state index is -0.173. The van der Waals surface area contributed by atoms with Gasteiger partial charge in [-0.3, -0.25) is 4.90 Å². The molecule has 2 N–H and O–H groups in total. The van der Waals surface area contributed by atoms with Gasteiger partial charge in [0.1, 0.15) is 0 Å². The van der Waals surface area contributed by atoms with E-state index in [2.05, 4.69) is 17.6 Å². The Morgan fingerprint density at radius 3 is 2.75 bits per heavy atom. The summed E-state index contributed by atoms with van der Waals surface area (Å²) in [7, 11) is 0. The maximum absolute atomic E-state index is 12.4. The Morgan fingerprint density at radius 1 is 1.50 bits per heavy atom. The Bertz CT molecular complexity index is 554. The first-order valence-corrected chi connectivity index (χ1v) is 7.24. The van der Waals surface area contributed by atoms with E-state index in [1.165, 1.54) is 0 Å². The topological polar surface area (TPSA) is 44.4 Å². The van der Waals surface area contributed by atoms with Crippen molar-refractivity contribution in [3.63, 3.8) is 0 Å². The Balaban J connectivity index is 2.19. The summed E-state index contributed by atoms with van der Waals surface area (Å²) in [5.41, 5.74) is 2.92. The molecule has 1 aliphatic rings. The summed E-state index contributed by atoms with van der Waals surface area (Å²) in [6.45, 7) is 8.70. The van der Waals surface area contributed by atoms with Gasteiger partial charge in [-0.2, -0.15) is 0 Å². The predicted molar refractivity (Wildman–Crippen MR) is 86.1 cm³/mol. The molecule has 0 aliphatic carbocycles. The summed E-state index contributed by atoms with van der Waals surface area (Å²) >= 11 is 5.23. The standard InChI is InChI=1S/C15H21N3OS/c1-5-11-8-6-7-10(2)12(11)16-13(19)18-9-15(3,4)17-14(18)20/h6-8H,5,9H2,1-4H3,(H,16,19)(H,17,20). The van der Waals surface area contributed by atoms with E-state index < -0.39 is 0 Å². The first-order chi connectivity index (χ1) is 9.34. The third kappa shape index (κ3) is 2.93. The van der Waals surface area contributed by atoms with Gasteiger partial charge < -0.3 is 10.6 Å². The SMILES string of the molecule is CCc1cccc(C)c1NC(=O)N1CC(C)(C)NC1=S. The second-order valence-electron chi connectivity index (χ2n) is 5.79. The van der Waals surface area contributed by atoms with Crippen LogP contribution >= 0.6 is 12.2 Å². The first-order valence-electron chi connectivity index (χ1n) is 6.83. The number of thiocarbonyl (C=S) groups is 1. The molecule has 0 aromatic heterocycles. The maximum atomic E-state index is 12.4. The van der Waals surface area contributed by atoms with Crippen LogP contribution in [0.2, 0.25) is 0 Å². The number of aryl methyl sites for hydroxylation is 2. The number of para-hydroxylation sites is 1. The molecule has 0 radical (unpaired) electrons.